The summed E-state index contributed by atoms with van der Waals surface area (Å²) in [5.41, 5.74) is 9.53. The molecular weight excluding hydrogens is 651 g/mol. The maximum Gasteiger partial charge on any atom is 0.235 e. The number of anilines is 3. The number of rotatable bonds is 6. The van der Waals surface area contributed by atoms with Crippen molar-refractivity contribution >= 4 is 70.5 Å². The Balaban J connectivity index is 1.15. The summed E-state index contributed by atoms with van der Waals surface area (Å²) in [4.78, 5) is 12.8. The molecule has 0 saturated carbocycles. The Bertz CT molecular complexity index is 2800. The van der Waals surface area contributed by atoms with Gasteiger partial charge in [-0.15, -0.1) is 11.3 Å². The number of fused-ring (bicyclic) bond motifs is 5. The largest absolute Gasteiger partial charge is 0.279 e. The molecule has 2 heterocycles. The molecule has 8 aromatic carbocycles. The van der Waals surface area contributed by atoms with Crippen molar-refractivity contribution in [2.45, 2.75) is 0 Å². The third-order valence-electron chi connectivity index (χ3n) is 9.87. The van der Waals surface area contributed by atoms with E-state index in [1.165, 1.54) is 42.1 Å². The van der Waals surface area contributed by atoms with Gasteiger partial charge in [0.2, 0.25) is 5.95 Å². The second kappa shape index (κ2) is 12.6. The van der Waals surface area contributed by atoms with Gasteiger partial charge in [-0.2, -0.15) is 0 Å². The first-order chi connectivity index (χ1) is 25.7. The number of hydrogen-bond donors (Lipinski definition) is 0. The predicted molar refractivity (Wildman–Crippen MR) is 221 cm³/mol. The summed E-state index contributed by atoms with van der Waals surface area (Å²) >= 11 is 1.84. The number of benzene rings is 8. The second-order valence-corrected chi connectivity index (χ2v) is 14.1. The zero-order chi connectivity index (χ0) is 34.4. The van der Waals surface area contributed by atoms with Crippen molar-refractivity contribution in [1.29, 1.82) is 0 Å². The van der Waals surface area contributed by atoms with Gasteiger partial charge in [0.15, 0.2) is 0 Å². The molecule has 0 atom stereocenters. The van der Waals surface area contributed by atoms with Gasteiger partial charge < -0.3 is 0 Å². The molecular formula is C48H31N3S. The number of thiophene rings is 1. The Morgan fingerprint density at radius 3 is 1.54 bits per heavy atom. The van der Waals surface area contributed by atoms with Crippen LogP contribution in [0.3, 0.4) is 0 Å². The van der Waals surface area contributed by atoms with Crippen molar-refractivity contribution in [1.82, 2.24) is 9.97 Å². The molecule has 0 N–H and O–H groups in total. The van der Waals surface area contributed by atoms with Crippen molar-refractivity contribution in [3.63, 3.8) is 0 Å². The van der Waals surface area contributed by atoms with E-state index in [-0.39, 0.29) is 0 Å². The highest BCUT2D eigenvalue weighted by atomic mass is 32.1. The van der Waals surface area contributed by atoms with Crippen molar-refractivity contribution in [3.8, 4) is 33.5 Å². The number of aromatic nitrogens is 2. The molecule has 0 amide bonds. The molecule has 0 bridgehead atoms. The number of nitrogens with zero attached hydrogens (tertiary/aromatic N) is 3. The summed E-state index contributed by atoms with van der Waals surface area (Å²) < 4.78 is 2.56. The predicted octanol–water partition coefficient (Wildman–Crippen LogP) is 13.6. The van der Waals surface area contributed by atoms with Crippen LogP contribution in [0.15, 0.2) is 188 Å². The Morgan fingerprint density at radius 2 is 0.885 bits per heavy atom. The van der Waals surface area contributed by atoms with Gasteiger partial charge in [-0.1, -0.05) is 133 Å². The lowest BCUT2D eigenvalue weighted by molar-refractivity contribution is 1.11. The van der Waals surface area contributed by atoms with Gasteiger partial charge in [0.1, 0.15) is 0 Å². The molecule has 0 aliphatic carbocycles. The highest BCUT2D eigenvalue weighted by molar-refractivity contribution is 7.25. The number of hydrogen-bond acceptors (Lipinski definition) is 4. The molecule has 3 nitrogen and oxygen atoms in total. The minimum Gasteiger partial charge on any atom is -0.279 e. The van der Waals surface area contributed by atoms with Crippen molar-refractivity contribution in [2.75, 3.05) is 4.90 Å². The van der Waals surface area contributed by atoms with Crippen LogP contribution in [0.2, 0.25) is 0 Å². The van der Waals surface area contributed by atoms with Crippen LogP contribution < -0.4 is 4.90 Å². The Morgan fingerprint density at radius 1 is 0.365 bits per heavy atom. The van der Waals surface area contributed by atoms with Gasteiger partial charge in [-0.3, -0.25) is 4.90 Å². The minimum absolute atomic E-state index is 0.620. The first-order valence-corrected chi connectivity index (χ1v) is 18.3. The van der Waals surface area contributed by atoms with Crippen LogP contribution in [-0.2, 0) is 0 Å². The quantitative estimate of drug-likeness (QED) is 0.175. The minimum atomic E-state index is 0.620. The summed E-state index contributed by atoms with van der Waals surface area (Å²) in [6.45, 7) is 0. The van der Waals surface area contributed by atoms with E-state index >= 15 is 0 Å². The SMILES string of the molecule is c1ccc(-c2ccc(N(c3ccc(-c4ccccc4)cc3)c3nc(-c4ccc5sc6cc7ccccc7cc6c5c4)c4ccccc4n3)cc2)cc1. The van der Waals surface area contributed by atoms with E-state index in [2.05, 4.69) is 181 Å². The molecule has 4 heteroatoms. The smallest absolute Gasteiger partial charge is 0.235 e. The number of para-hydroxylation sites is 1. The summed E-state index contributed by atoms with van der Waals surface area (Å²) in [7, 11) is 0. The third kappa shape index (κ3) is 5.38. The lowest BCUT2D eigenvalue weighted by Gasteiger charge is -2.25. The van der Waals surface area contributed by atoms with E-state index in [1.54, 1.807) is 0 Å². The molecule has 2 aromatic heterocycles. The first-order valence-electron chi connectivity index (χ1n) is 17.5. The monoisotopic (exact) mass is 681 g/mol. The molecule has 0 radical (unpaired) electrons. The van der Waals surface area contributed by atoms with E-state index in [0.29, 0.717) is 5.95 Å². The Kier molecular flexibility index (Phi) is 7.33. The molecule has 0 saturated heterocycles. The van der Waals surface area contributed by atoms with Gasteiger partial charge in [0, 0.05) is 42.5 Å². The lowest BCUT2D eigenvalue weighted by atomic mass is 10.0. The van der Waals surface area contributed by atoms with Gasteiger partial charge in [0.25, 0.3) is 0 Å². The average Bonchev–Trinajstić information content (AvgIpc) is 3.57. The molecule has 0 spiro atoms. The van der Waals surface area contributed by atoms with Crippen LogP contribution >= 0.6 is 11.3 Å². The first kappa shape index (κ1) is 30.2. The molecule has 52 heavy (non-hydrogen) atoms. The van der Waals surface area contributed by atoms with Crippen LogP contribution in [0, 0.1) is 0 Å². The average molecular weight is 682 g/mol. The van der Waals surface area contributed by atoms with Crippen LogP contribution in [0.25, 0.3) is 75.4 Å². The highest BCUT2D eigenvalue weighted by Gasteiger charge is 2.20. The van der Waals surface area contributed by atoms with Gasteiger partial charge in [-0.25, -0.2) is 9.97 Å². The molecule has 0 aliphatic heterocycles. The fourth-order valence-electron chi connectivity index (χ4n) is 7.24. The van der Waals surface area contributed by atoms with Crippen molar-refractivity contribution in [3.05, 3.63) is 188 Å². The van der Waals surface area contributed by atoms with E-state index in [9.17, 15) is 0 Å². The van der Waals surface area contributed by atoms with Gasteiger partial charge >= 0.3 is 0 Å². The van der Waals surface area contributed by atoms with E-state index in [4.69, 9.17) is 9.97 Å². The normalized spacial score (nSPS) is 11.5. The molecule has 0 unspecified atom stereocenters. The lowest BCUT2D eigenvalue weighted by Crippen LogP contribution is -2.14. The maximum atomic E-state index is 5.42. The third-order valence-corrected chi connectivity index (χ3v) is 11.0. The van der Waals surface area contributed by atoms with Crippen LogP contribution in [0.4, 0.5) is 17.3 Å². The molecule has 10 rings (SSSR count). The van der Waals surface area contributed by atoms with Gasteiger partial charge in [-0.05, 0) is 87.6 Å². The molecule has 0 fully saturated rings. The van der Waals surface area contributed by atoms with E-state index in [1.807, 2.05) is 23.5 Å². The Labute approximate surface area is 305 Å². The standard InChI is InChI=1S/C48H31N3S/c1-3-11-32(12-4-1)34-19-24-39(25-20-34)51(40-26-21-35(22-27-40)33-13-5-2-6-14-33)48-49-44-18-10-9-17-41(44)47(50-48)38-23-28-45-42(30-38)43-29-36-15-7-8-16-37(36)31-46(43)52-45/h1-31H. The summed E-state index contributed by atoms with van der Waals surface area (Å²) in [5.74, 6) is 0.620. The van der Waals surface area contributed by atoms with E-state index in [0.717, 1.165) is 44.7 Å². The van der Waals surface area contributed by atoms with Crippen molar-refractivity contribution in [2.24, 2.45) is 0 Å². The fourth-order valence-corrected chi connectivity index (χ4v) is 8.36. The van der Waals surface area contributed by atoms with Crippen LogP contribution in [-0.4, -0.2) is 9.97 Å². The molecule has 0 aliphatic rings. The molecule has 244 valence electrons. The molecule has 10 aromatic rings. The zero-order valence-corrected chi connectivity index (χ0v) is 29.0. The second-order valence-electron chi connectivity index (χ2n) is 13.1. The van der Waals surface area contributed by atoms with E-state index < -0.39 is 0 Å². The van der Waals surface area contributed by atoms with Gasteiger partial charge in [0.05, 0.1) is 11.2 Å². The van der Waals surface area contributed by atoms with Crippen molar-refractivity contribution < 1.29 is 0 Å². The maximum absolute atomic E-state index is 5.42. The topological polar surface area (TPSA) is 29.0 Å². The Hall–Kier alpha value is -6.62. The fraction of sp³-hybridized carbons (Fsp3) is 0. The summed E-state index contributed by atoms with van der Waals surface area (Å²) in [6.07, 6.45) is 0. The summed E-state index contributed by atoms with van der Waals surface area (Å²) in [5, 5.41) is 6.06. The van der Waals surface area contributed by atoms with Crippen LogP contribution in [0.1, 0.15) is 0 Å². The highest BCUT2D eigenvalue weighted by Crippen LogP contribution is 2.41. The zero-order valence-electron chi connectivity index (χ0n) is 28.1. The summed E-state index contributed by atoms with van der Waals surface area (Å²) in [6, 6.07) is 66.7. The van der Waals surface area contributed by atoms with Crippen LogP contribution in [0.5, 0.6) is 0 Å².